The maximum absolute atomic E-state index is 12.4. The number of ether oxygens (including phenoxy) is 1. The summed E-state index contributed by atoms with van der Waals surface area (Å²) < 4.78 is 5.22. The quantitative estimate of drug-likeness (QED) is 0.910. The van der Waals surface area contributed by atoms with Crippen LogP contribution in [0.3, 0.4) is 0 Å². The van der Waals surface area contributed by atoms with E-state index in [9.17, 15) is 9.59 Å². The highest BCUT2D eigenvalue weighted by Gasteiger charge is 2.34. The van der Waals surface area contributed by atoms with Crippen LogP contribution in [-0.4, -0.2) is 42.5 Å². The fourth-order valence-corrected chi connectivity index (χ4v) is 2.97. The van der Waals surface area contributed by atoms with Gasteiger partial charge in [-0.15, -0.1) is 0 Å². The summed E-state index contributed by atoms with van der Waals surface area (Å²) in [5, 5.41) is 2.89. The maximum atomic E-state index is 12.4. The van der Waals surface area contributed by atoms with Gasteiger partial charge in [0.1, 0.15) is 6.04 Å². The number of likely N-dealkylation sites (tertiary alicyclic amines) is 1. The largest absolute Gasteiger partial charge is 0.381 e. The lowest BCUT2D eigenvalue weighted by Gasteiger charge is -2.18. The molecule has 1 aromatic carbocycles. The number of hydrogen-bond acceptors (Lipinski definition) is 3. The summed E-state index contributed by atoms with van der Waals surface area (Å²) in [6.45, 7) is 4.45. The molecular weight excluding hydrogens is 280 g/mol. The van der Waals surface area contributed by atoms with E-state index in [-0.39, 0.29) is 23.8 Å². The molecular formula is C17H22N2O3. The van der Waals surface area contributed by atoms with Crippen molar-refractivity contribution in [1.29, 1.82) is 0 Å². The normalized spacial score (nSPS) is 24.8. The molecule has 2 saturated heterocycles. The summed E-state index contributed by atoms with van der Waals surface area (Å²) in [6, 6.07) is 7.82. The number of carbonyl (C=O) groups excluding carboxylic acids is 2. The van der Waals surface area contributed by atoms with Gasteiger partial charge in [0.25, 0.3) is 0 Å². The molecule has 0 aliphatic carbocycles. The van der Waals surface area contributed by atoms with Crippen molar-refractivity contribution in [3.63, 3.8) is 0 Å². The molecule has 3 rings (SSSR count). The molecule has 0 bridgehead atoms. The van der Waals surface area contributed by atoms with E-state index in [0.29, 0.717) is 32.7 Å². The second kappa shape index (κ2) is 6.48. The van der Waals surface area contributed by atoms with Crippen LogP contribution in [-0.2, 0) is 20.9 Å². The number of aryl methyl sites for hydroxylation is 1. The van der Waals surface area contributed by atoms with E-state index in [0.717, 1.165) is 12.0 Å². The third kappa shape index (κ3) is 3.30. The predicted octanol–water partition coefficient (Wildman–Crippen LogP) is 1.25. The summed E-state index contributed by atoms with van der Waals surface area (Å²) in [7, 11) is 0. The smallest absolute Gasteiger partial charge is 0.245 e. The maximum Gasteiger partial charge on any atom is 0.245 e. The Labute approximate surface area is 130 Å². The van der Waals surface area contributed by atoms with Crippen LogP contribution in [0.1, 0.15) is 24.0 Å². The molecule has 0 saturated carbocycles. The Bertz CT molecular complexity index is 550. The predicted molar refractivity (Wildman–Crippen MR) is 82.1 cm³/mol. The van der Waals surface area contributed by atoms with E-state index < -0.39 is 0 Å². The third-order valence-corrected chi connectivity index (χ3v) is 4.41. The summed E-state index contributed by atoms with van der Waals surface area (Å²) in [4.78, 5) is 26.3. The molecule has 118 valence electrons. The van der Waals surface area contributed by atoms with Gasteiger partial charge in [-0.1, -0.05) is 29.8 Å². The molecule has 1 aromatic rings. The van der Waals surface area contributed by atoms with E-state index in [2.05, 4.69) is 17.4 Å². The molecule has 2 heterocycles. The Morgan fingerprint density at radius 2 is 2.09 bits per heavy atom. The summed E-state index contributed by atoms with van der Waals surface area (Å²) >= 11 is 0. The minimum Gasteiger partial charge on any atom is -0.381 e. The molecule has 0 aromatic heterocycles. The van der Waals surface area contributed by atoms with Crippen molar-refractivity contribution < 1.29 is 14.3 Å². The van der Waals surface area contributed by atoms with E-state index in [1.165, 1.54) is 5.56 Å². The van der Waals surface area contributed by atoms with Gasteiger partial charge in [-0.05, 0) is 25.3 Å². The zero-order valence-electron chi connectivity index (χ0n) is 12.9. The molecule has 0 unspecified atom stereocenters. The highest BCUT2D eigenvalue weighted by Crippen LogP contribution is 2.18. The van der Waals surface area contributed by atoms with Gasteiger partial charge in [0.2, 0.25) is 11.8 Å². The standard InChI is InChI=1S/C17H22N2O3/c1-12-2-4-13(5-3-12)10-19-8-6-15(17(19)21)18-16(20)14-7-9-22-11-14/h2-5,14-15H,6-11H2,1H3,(H,18,20)/t14-,15+/m0/s1. The van der Waals surface area contributed by atoms with Crippen LogP contribution in [0, 0.1) is 12.8 Å². The van der Waals surface area contributed by atoms with E-state index >= 15 is 0 Å². The van der Waals surface area contributed by atoms with Gasteiger partial charge >= 0.3 is 0 Å². The summed E-state index contributed by atoms with van der Waals surface area (Å²) in [6.07, 6.45) is 1.43. The first-order valence-corrected chi connectivity index (χ1v) is 7.86. The molecule has 0 radical (unpaired) electrons. The fourth-order valence-electron chi connectivity index (χ4n) is 2.97. The first kappa shape index (κ1) is 15.0. The number of amides is 2. The third-order valence-electron chi connectivity index (χ3n) is 4.41. The first-order chi connectivity index (χ1) is 10.6. The van der Waals surface area contributed by atoms with Gasteiger partial charge in [-0.25, -0.2) is 0 Å². The van der Waals surface area contributed by atoms with Gasteiger partial charge in [0.05, 0.1) is 12.5 Å². The topological polar surface area (TPSA) is 58.6 Å². The molecule has 5 heteroatoms. The van der Waals surface area contributed by atoms with Crippen LogP contribution >= 0.6 is 0 Å². The lowest BCUT2D eigenvalue weighted by Crippen LogP contribution is -2.44. The Kier molecular flexibility index (Phi) is 4.43. The van der Waals surface area contributed by atoms with Crippen LogP contribution in [0.15, 0.2) is 24.3 Å². The average Bonchev–Trinajstić information content (AvgIpc) is 3.15. The van der Waals surface area contributed by atoms with Gasteiger partial charge in [0.15, 0.2) is 0 Å². The van der Waals surface area contributed by atoms with Crippen molar-refractivity contribution in [2.24, 2.45) is 5.92 Å². The lowest BCUT2D eigenvalue weighted by atomic mass is 10.1. The van der Waals surface area contributed by atoms with Gasteiger partial charge in [-0.2, -0.15) is 0 Å². The molecule has 2 aliphatic heterocycles. The Balaban J connectivity index is 1.55. The lowest BCUT2D eigenvalue weighted by molar-refractivity contribution is -0.134. The van der Waals surface area contributed by atoms with Crippen molar-refractivity contribution in [3.05, 3.63) is 35.4 Å². The van der Waals surface area contributed by atoms with Crippen LogP contribution in [0.2, 0.25) is 0 Å². The van der Waals surface area contributed by atoms with E-state index in [1.54, 1.807) is 0 Å². The van der Waals surface area contributed by atoms with Crippen LogP contribution in [0.25, 0.3) is 0 Å². The van der Waals surface area contributed by atoms with Crippen molar-refractivity contribution in [3.8, 4) is 0 Å². The molecule has 5 nitrogen and oxygen atoms in total. The van der Waals surface area contributed by atoms with E-state index in [4.69, 9.17) is 4.74 Å². The minimum atomic E-state index is -0.376. The molecule has 1 N–H and O–H groups in total. The van der Waals surface area contributed by atoms with Crippen molar-refractivity contribution >= 4 is 11.8 Å². The average molecular weight is 302 g/mol. The first-order valence-electron chi connectivity index (χ1n) is 7.86. The number of carbonyl (C=O) groups is 2. The molecule has 22 heavy (non-hydrogen) atoms. The second-order valence-electron chi connectivity index (χ2n) is 6.16. The fraction of sp³-hybridized carbons (Fsp3) is 0.529. The zero-order chi connectivity index (χ0) is 15.5. The highest BCUT2D eigenvalue weighted by molar-refractivity contribution is 5.90. The number of nitrogens with zero attached hydrogens (tertiary/aromatic N) is 1. The SMILES string of the molecule is Cc1ccc(CN2CC[C@@H](NC(=O)[C@H]3CCOC3)C2=O)cc1. The molecule has 2 atom stereocenters. The molecule has 2 aliphatic rings. The number of rotatable bonds is 4. The molecule has 0 spiro atoms. The van der Waals surface area contributed by atoms with Crippen LogP contribution in [0.5, 0.6) is 0 Å². The summed E-state index contributed by atoms with van der Waals surface area (Å²) in [5.41, 5.74) is 2.33. The Morgan fingerprint density at radius 1 is 1.32 bits per heavy atom. The summed E-state index contributed by atoms with van der Waals surface area (Å²) in [5.74, 6) is -0.125. The highest BCUT2D eigenvalue weighted by atomic mass is 16.5. The number of benzene rings is 1. The van der Waals surface area contributed by atoms with Gasteiger partial charge in [0, 0.05) is 19.7 Å². The second-order valence-corrected chi connectivity index (χ2v) is 6.16. The number of hydrogen-bond donors (Lipinski definition) is 1. The Hall–Kier alpha value is -1.88. The van der Waals surface area contributed by atoms with Gasteiger partial charge in [-0.3, -0.25) is 9.59 Å². The molecule has 2 amide bonds. The Morgan fingerprint density at radius 3 is 2.77 bits per heavy atom. The molecule has 2 fully saturated rings. The zero-order valence-corrected chi connectivity index (χ0v) is 12.9. The minimum absolute atomic E-state index is 0.0211. The number of nitrogens with one attached hydrogen (secondary N) is 1. The monoisotopic (exact) mass is 302 g/mol. The van der Waals surface area contributed by atoms with Crippen LogP contribution < -0.4 is 5.32 Å². The van der Waals surface area contributed by atoms with Crippen molar-refractivity contribution in [2.45, 2.75) is 32.4 Å². The van der Waals surface area contributed by atoms with Crippen molar-refractivity contribution in [1.82, 2.24) is 10.2 Å². The van der Waals surface area contributed by atoms with Gasteiger partial charge < -0.3 is 15.0 Å². The van der Waals surface area contributed by atoms with Crippen molar-refractivity contribution in [2.75, 3.05) is 19.8 Å². The van der Waals surface area contributed by atoms with E-state index in [1.807, 2.05) is 24.0 Å². The van der Waals surface area contributed by atoms with Crippen LogP contribution in [0.4, 0.5) is 0 Å².